The number of nitrogens with one attached hydrogen (secondary N) is 1. The van der Waals surface area contributed by atoms with Crippen LogP contribution < -0.4 is 31.5 Å². The smallest absolute Gasteiger partial charge is 0.252 e. The van der Waals surface area contributed by atoms with Gasteiger partial charge in [0.15, 0.2) is 0 Å². The molecule has 0 unspecified atom stereocenters. The van der Waals surface area contributed by atoms with Crippen molar-refractivity contribution in [2.75, 3.05) is 15.1 Å². The number of para-hydroxylation sites is 4. The number of aryl methyl sites for hydroxylation is 2. The van der Waals surface area contributed by atoms with Crippen molar-refractivity contribution in [1.82, 2.24) is 0 Å². The number of rotatable bonds is 4. The van der Waals surface area contributed by atoms with E-state index in [1.54, 1.807) is 0 Å². The molecule has 0 aliphatic carbocycles. The molecule has 0 saturated carbocycles. The Hall–Kier alpha value is -5.65. The Morgan fingerprint density at radius 2 is 1.16 bits per heavy atom. The van der Waals surface area contributed by atoms with Crippen LogP contribution in [0.1, 0.15) is 11.1 Å². The maximum absolute atomic E-state index is 3.76. The van der Waals surface area contributed by atoms with Gasteiger partial charge in [-0.05, 0) is 102 Å². The zero-order valence-electron chi connectivity index (χ0n) is 27.3. The van der Waals surface area contributed by atoms with Gasteiger partial charge in [0.05, 0.1) is 11.4 Å². The second kappa shape index (κ2) is 10.9. The predicted octanol–water partition coefficient (Wildman–Crippen LogP) is 10.3. The Morgan fingerprint density at radius 1 is 0.531 bits per heavy atom. The average Bonchev–Trinajstić information content (AvgIpc) is 3.14. The summed E-state index contributed by atoms with van der Waals surface area (Å²) in [6, 6.07) is 55.6. The molecule has 3 aliphatic rings. The molecule has 0 amide bonds. The summed E-state index contributed by atoms with van der Waals surface area (Å²) in [5.74, 6) is 0. The lowest BCUT2D eigenvalue weighted by Crippen LogP contribution is -2.61. The van der Waals surface area contributed by atoms with Gasteiger partial charge in [-0.25, -0.2) is 0 Å². The molecule has 0 bridgehead atoms. The number of hydrogen-bond donors (Lipinski definition) is 1. The first kappa shape index (κ1) is 28.4. The maximum atomic E-state index is 3.76. The molecule has 232 valence electrons. The summed E-state index contributed by atoms with van der Waals surface area (Å²) in [7, 11) is 0. The molecule has 1 N–H and O–H groups in total. The van der Waals surface area contributed by atoms with E-state index in [9.17, 15) is 0 Å². The molecule has 49 heavy (non-hydrogen) atoms. The van der Waals surface area contributed by atoms with Crippen LogP contribution in [0.4, 0.5) is 45.5 Å². The number of nitrogens with zero attached hydrogens (tertiary/aromatic N) is 2. The van der Waals surface area contributed by atoms with Gasteiger partial charge in [0, 0.05) is 55.0 Å². The molecule has 10 rings (SSSR count). The summed E-state index contributed by atoms with van der Waals surface area (Å²) >= 11 is 1.90. The summed E-state index contributed by atoms with van der Waals surface area (Å²) < 4.78 is 0. The first-order chi connectivity index (χ1) is 24.1. The van der Waals surface area contributed by atoms with Crippen molar-refractivity contribution in [3.8, 4) is 11.1 Å². The number of anilines is 8. The van der Waals surface area contributed by atoms with Gasteiger partial charge in [0.25, 0.3) is 6.71 Å². The minimum absolute atomic E-state index is 0.101. The average molecular weight is 646 g/mol. The number of hydrogen-bond acceptors (Lipinski definition) is 4. The molecular weight excluding hydrogens is 613 g/mol. The molecule has 5 heteroatoms. The molecule has 3 nitrogen and oxygen atoms in total. The summed E-state index contributed by atoms with van der Waals surface area (Å²) in [6.45, 7) is 4.52. The summed E-state index contributed by atoms with van der Waals surface area (Å²) in [5, 5.41) is 3.76. The Balaban J connectivity index is 1.34. The van der Waals surface area contributed by atoms with E-state index in [4.69, 9.17) is 0 Å². The molecule has 7 aromatic rings. The molecule has 0 saturated heterocycles. The van der Waals surface area contributed by atoms with Crippen molar-refractivity contribution in [2.24, 2.45) is 0 Å². The standard InChI is InChI=1S/C44H32BN3S/c1-28-21-23-34-38(25-28)47(31-15-7-4-8-16-31)40-27-33(32-17-9-10-18-36(32)46-30-13-5-3-6-14-30)44-43-42(40)45(34)35-24-22-29(2)26-39(35)48(43)37-19-11-12-20-41(37)49-44/h3-27,46H,1-2H3. The van der Waals surface area contributed by atoms with Crippen molar-refractivity contribution in [1.29, 1.82) is 0 Å². The van der Waals surface area contributed by atoms with E-state index in [1.807, 2.05) is 11.8 Å². The minimum atomic E-state index is 0.101. The van der Waals surface area contributed by atoms with Gasteiger partial charge in [0.2, 0.25) is 0 Å². The second-order valence-electron chi connectivity index (χ2n) is 13.2. The predicted molar refractivity (Wildman–Crippen MR) is 209 cm³/mol. The van der Waals surface area contributed by atoms with E-state index >= 15 is 0 Å². The topological polar surface area (TPSA) is 18.5 Å². The van der Waals surface area contributed by atoms with E-state index in [-0.39, 0.29) is 6.71 Å². The highest BCUT2D eigenvalue weighted by molar-refractivity contribution is 8.00. The fourth-order valence-corrected chi connectivity index (χ4v) is 9.21. The van der Waals surface area contributed by atoms with Gasteiger partial charge >= 0.3 is 0 Å². The van der Waals surface area contributed by atoms with Crippen LogP contribution in [-0.2, 0) is 0 Å². The molecule has 0 radical (unpaired) electrons. The Labute approximate surface area is 292 Å². The van der Waals surface area contributed by atoms with Gasteiger partial charge in [-0.2, -0.15) is 0 Å². The molecular formula is C44H32BN3S. The zero-order valence-corrected chi connectivity index (χ0v) is 28.1. The van der Waals surface area contributed by atoms with Crippen molar-refractivity contribution in [3.05, 3.63) is 163 Å². The summed E-state index contributed by atoms with van der Waals surface area (Å²) in [4.78, 5) is 7.63. The normalized spacial score (nSPS) is 13.3. The van der Waals surface area contributed by atoms with Crippen LogP contribution >= 0.6 is 11.8 Å². The molecule has 0 atom stereocenters. The Kier molecular flexibility index (Phi) is 6.34. The molecule has 0 aromatic heterocycles. The van der Waals surface area contributed by atoms with Gasteiger partial charge in [0.1, 0.15) is 0 Å². The van der Waals surface area contributed by atoms with Crippen molar-refractivity contribution < 1.29 is 0 Å². The van der Waals surface area contributed by atoms with E-state index in [0.29, 0.717) is 0 Å². The summed E-state index contributed by atoms with van der Waals surface area (Å²) in [6.07, 6.45) is 0. The van der Waals surface area contributed by atoms with Gasteiger partial charge in [-0.3, -0.25) is 0 Å². The number of benzene rings is 7. The van der Waals surface area contributed by atoms with Crippen LogP contribution in [-0.4, -0.2) is 6.71 Å². The van der Waals surface area contributed by atoms with Crippen LogP contribution in [0.2, 0.25) is 0 Å². The second-order valence-corrected chi connectivity index (χ2v) is 14.3. The fraction of sp³-hybridized carbons (Fsp3) is 0.0455. The van der Waals surface area contributed by atoms with Crippen LogP contribution in [0.25, 0.3) is 11.1 Å². The monoisotopic (exact) mass is 645 g/mol. The van der Waals surface area contributed by atoms with Crippen LogP contribution in [0.15, 0.2) is 161 Å². The van der Waals surface area contributed by atoms with E-state index < -0.39 is 0 Å². The van der Waals surface area contributed by atoms with Crippen molar-refractivity contribution >= 4 is 80.4 Å². The fourth-order valence-electron chi connectivity index (χ4n) is 8.01. The van der Waals surface area contributed by atoms with Gasteiger partial charge < -0.3 is 15.1 Å². The maximum Gasteiger partial charge on any atom is 0.252 e. The van der Waals surface area contributed by atoms with Crippen molar-refractivity contribution in [3.63, 3.8) is 0 Å². The van der Waals surface area contributed by atoms with E-state index in [2.05, 4.69) is 181 Å². The quantitative estimate of drug-likeness (QED) is 0.192. The molecule has 7 aromatic carbocycles. The molecule has 0 fully saturated rings. The minimum Gasteiger partial charge on any atom is -0.355 e. The third-order valence-corrected chi connectivity index (χ3v) is 11.3. The highest BCUT2D eigenvalue weighted by atomic mass is 32.2. The van der Waals surface area contributed by atoms with Gasteiger partial charge in [-0.1, -0.05) is 103 Å². The van der Waals surface area contributed by atoms with Crippen LogP contribution in [0.3, 0.4) is 0 Å². The lowest BCUT2D eigenvalue weighted by molar-refractivity contribution is 1.16. The molecule has 0 spiro atoms. The first-order valence-corrected chi connectivity index (χ1v) is 17.7. The third-order valence-electron chi connectivity index (χ3n) is 10.1. The number of fused-ring (bicyclic) bond motifs is 7. The SMILES string of the molecule is Cc1ccc2c(c1)N(c1ccccc1)c1cc(-c3ccccc3Nc3ccccc3)c3c4c1B2c1ccc(C)cc1N4c1ccccc1S3. The molecule has 3 heterocycles. The Bertz CT molecular complexity index is 2430. The third kappa shape index (κ3) is 4.32. The zero-order chi connectivity index (χ0) is 32.6. The molecule has 3 aliphatic heterocycles. The largest absolute Gasteiger partial charge is 0.355 e. The van der Waals surface area contributed by atoms with Crippen LogP contribution in [0, 0.1) is 13.8 Å². The van der Waals surface area contributed by atoms with Crippen LogP contribution in [0.5, 0.6) is 0 Å². The van der Waals surface area contributed by atoms with E-state index in [1.165, 1.54) is 76.9 Å². The lowest BCUT2D eigenvalue weighted by atomic mass is 9.33. The first-order valence-electron chi connectivity index (χ1n) is 16.9. The lowest BCUT2D eigenvalue weighted by Gasteiger charge is -2.47. The highest BCUT2D eigenvalue weighted by Crippen LogP contribution is 2.58. The van der Waals surface area contributed by atoms with Crippen molar-refractivity contribution in [2.45, 2.75) is 23.6 Å². The Morgan fingerprint density at radius 3 is 1.92 bits per heavy atom. The highest BCUT2D eigenvalue weighted by Gasteiger charge is 2.46. The van der Waals surface area contributed by atoms with E-state index in [0.717, 1.165) is 17.1 Å². The van der Waals surface area contributed by atoms with Gasteiger partial charge in [-0.15, -0.1) is 0 Å². The summed E-state index contributed by atoms with van der Waals surface area (Å²) in [5.41, 5.74) is 18.6.